The zero-order valence-electron chi connectivity index (χ0n) is 15.8. The molecule has 0 aliphatic carbocycles. The molecule has 0 fully saturated rings. The van der Waals surface area contributed by atoms with Gasteiger partial charge in [-0.25, -0.2) is 0 Å². The average Bonchev–Trinajstić information content (AvgIpc) is 2.67. The molecule has 3 rings (SSSR count). The largest absolute Gasteiger partial charge is 0.0654 e. The minimum atomic E-state index is 1.20. The van der Waals surface area contributed by atoms with Crippen LogP contribution < -0.4 is 0 Å². The van der Waals surface area contributed by atoms with Crippen LogP contribution in [0.15, 0.2) is 66.7 Å². The van der Waals surface area contributed by atoms with E-state index in [9.17, 15) is 0 Å². The number of hydrogen-bond donors (Lipinski definition) is 0. The second-order valence-electron chi connectivity index (χ2n) is 7.07. The molecule has 26 heavy (non-hydrogen) atoms. The number of halogens is 1. The summed E-state index contributed by atoms with van der Waals surface area (Å²) in [6, 6.07) is 24.7. The summed E-state index contributed by atoms with van der Waals surface area (Å²) in [5, 5.41) is 0. The maximum Gasteiger partial charge on any atom is 0.0214 e. The number of unbranched alkanes of at least 4 members (excludes halogenated alkanes) is 3. The maximum atomic E-state index is 2.46. The van der Waals surface area contributed by atoms with Crippen molar-refractivity contribution in [2.45, 2.75) is 46.0 Å². The molecule has 0 saturated carbocycles. The molecular weight excluding hydrogens is 427 g/mol. The Labute approximate surface area is 171 Å². The monoisotopic (exact) mass is 454 g/mol. The lowest BCUT2D eigenvalue weighted by Gasteiger charge is -2.09. The highest BCUT2D eigenvalue weighted by Crippen LogP contribution is 2.30. The highest BCUT2D eigenvalue weighted by atomic mass is 127. The van der Waals surface area contributed by atoms with E-state index in [-0.39, 0.29) is 0 Å². The molecule has 0 atom stereocenters. The van der Waals surface area contributed by atoms with E-state index in [1.165, 1.54) is 69.1 Å². The van der Waals surface area contributed by atoms with Gasteiger partial charge in [-0.2, -0.15) is 0 Å². The molecule has 0 aromatic heterocycles. The average molecular weight is 454 g/mol. The first-order chi connectivity index (χ1) is 12.7. The number of rotatable bonds is 7. The molecular formula is C25H27I. The molecule has 134 valence electrons. The molecule has 0 nitrogen and oxygen atoms in total. The number of aryl methyl sites for hydroxylation is 2. The third kappa shape index (κ3) is 4.97. The van der Waals surface area contributed by atoms with E-state index in [1.807, 2.05) is 0 Å². The van der Waals surface area contributed by atoms with Crippen molar-refractivity contribution in [2.24, 2.45) is 0 Å². The standard InChI is InChI=1S/C25H27I/c1-3-4-5-6-7-20-10-14-21(15-11-20)23-16-17-24(25(26)18-23)22-12-8-19(2)9-13-22/h8-18H,3-7H2,1-2H3. The summed E-state index contributed by atoms with van der Waals surface area (Å²) >= 11 is 2.46. The predicted octanol–water partition coefficient (Wildman–Crippen LogP) is 8.06. The van der Waals surface area contributed by atoms with Crippen LogP contribution in [0.4, 0.5) is 0 Å². The second kappa shape index (κ2) is 9.36. The van der Waals surface area contributed by atoms with Crippen molar-refractivity contribution in [1.29, 1.82) is 0 Å². The summed E-state index contributed by atoms with van der Waals surface area (Å²) in [6.45, 7) is 4.39. The third-order valence-corrected chi connectivity index (χ3v) is 5.83. The zero-order chi connectivity index (χ0) is 18.4. The number of hydrogen-bond acceptors (Lipinski definition) is 0. The Kier molecular flexibility index (Phi) is 6.90. The molecule has 0 N–H and O–H groups in total. The Morgan fingerprint density at radius 3 is 2.00 bits per heavy atom. The first-order valence-electron chi connectivity index (χ1n) is 9.63. The molecule has 3 aromatic rings. The molecule has 0 radical (unpaired) electrons. The van der Waals surface area contributed by atoms with Gasteiger partial charge in [0, 0.05) is 3.57 Å². The Bertz CT molecular complexity index is 829. The molecule has 0 spiro atoms. The van der Waals surface area contributed by atoms with Crippen molar-refractivity contribution in [1.82, 2.24) is 0 Å². The Morgan fingerprint density at radius 2 is 1.35 bits per heavy atom. The Hall–Kier alpha value is -1.61. The molecule has 0 unspecified atom stereocenters. The van der Waals surface area contributed by atoms with E-state index < -0.39 is 0 Å². The molecule has 0 bridgehead atoms. The van der Waals surface area contributed by atoms with E-state index in [4.69, 9.17) is 0 Å². The summed E-state index contributed by atoms with van der Waals surface area (Å²) in [5.41, 5.74) is 7.94. The van der Waals surface area contributed by atoms with Crippen LogP contribution in [-0.2, 0) is 6.42 Å². The lowest BCUT2D eigenvalue weighted by atomic mass is 9.98. The quantitative estimate of drug-likeness (QED) is 0.250. The van der Waals surface area contributed by atoms with Crippen LogP contribution >= 0.6 is 22.6 Å². The maximum absolute atomic E-state index is 2.46. The van der Waals surface area contributed by atoms with E-state index in [0.29, 0.717) is 0 Å². The smallest absolute Gasteiger partial charge is 0.0214 e. The topological polar surface area (TPSA) is 0 Å². The van der Waals surface area contributed by atoms with Crippen molar-refractivity contribution in [3.63, 3.8) is 0 Å². The van der Waals surface area contributed by atoms with Gasteiger partial charge in [-0.1, -0.05) is 92.4 Å². The van der Waals surface area contributed by atoms with Gasteiger partial charge in [-0.05, 0) is 76.2 Å². The van der Waals surface area contributed by atoms with Gasteiger partial charge >= 0.3 is 0 Å². The fourth-order valence-electron chi connectivity index (χ4n) is 3.28. The Balaban J connectivity index is 1.73. The van der Waals surface area contributed by atoms with Gasteiger partial charge in [0.15, 0.2) is 0 Å². The van der Waals surface area contributed by atoms with Crippen molar-refractivity contribution in [3.05, 3.63) is 81.4 Å². The van der Waals surface area contributed by atoms with Crippen molar-refractivity contribution in [2.75, 3.05) is 0 Å². The molecule has 0 aliphatic rings. The fourth-order valence-corrected chi connectivity index (χ4v) is 4.11. The van der Waals surface area contributed by atoms with Crippen LogP contribution in [0.3, 0.4) is 0 Å². The number of benzene rings is 3. The third-order valence-electron chi connectivity index (χ3n) is 4.94. The molecule has 1 heteroatoms. The molecule has 0 heterocycles. The van der Waals surface area contributed by atoms with Crippen LogP contribution in [0.5, 0.6) is 0 Å². The predicted molar refractivity (Wildman–Crippen MR) is 123 cm³/mol. The van der Waals surface area contributed by atoms with Gasteiger partial charge in [0.2, 0.25) is 0 Å². The highest BCUT2D eigenvalue weighted by molar-refractivity contribution is 14.1. The van der Waals surface area contributed by atoms with Crippen molar-refractivity contribution < 1.29 is 0 Å². The van der Waals surface area contributed by atoms with Crippen molar-refractivity contribution >= 4 is 22.6 Å². The van der Waals surface area contributed by atoms with Crippen LogP contribution in [0.25, 0.3) is 22.3 Å². The SMILES string of the molecule is CCCCCCc1ccc(-c2ccc(-c3ccc(C)cc3)c(I)c2)cc1. The van der Waals surface area contributed by atoms with Crippen LogP contribution in [0, 0.1) is 10.5 Å². The minimum Gasteiger partial charge on any atom is -0.0654 e. The normalized spacial score (nSPS) is 10.9. The molecule has 3 aromatic carbocycles. The second-order valence-corrected chi connectivity index (χ2v) is 8.23. The van der Waals surface area contributed by atoms with Crippen LogP contribution in [0.2, 0.25) is 0 Å². The van der Waals surface area contributed by atoms with Crippen molar-refractivity contribution in [3.8, 4) is 22.3 Å². The molecule has 0 amide bonds. The van der Waals surface area contributed by atoms with Gasteiger partial charge in [0.05, 0.1) is 0 Å². The lowest BCUT2D eigenvalue weighted by Crippen LogP contribution is -1.88. The van der Waals surface area contributed by atoms with Crippen LogP contribution in [0.1, 0.15) is 43.7 Å². The van der Waals surface area contributed by atoms with Gasteiger partial charge in [-0.3, -0.25) is 0 Å². The lowest BCUT2D eigenvalue weighted by molar-refractivity contribution is 0.667. The first-order valence-corrected chi connectivity index (χ1v) is 10.7. The summed E-state index contributed by atoms with van der Waals surface area (Å²) in [5.74, 6) is 0. The zero-order valence-corrected chi connectivity index (χ0v) is 17.9. The summed E-state index contributed by atoms with van der Waals surface area (Å²) in [7, 11) is 0. The highest BCUT2D eigenvalue weighted by Gasteiger charge is 2.06. The van der Waals surface area contributed by atoms with Gasteiger partial charge < -0.3 is 0 Å². The van der Waals surface area contributed by atoms with E-state index in [2.05, 4.69) is 103 Å². The van der Waals surface area contributed by atoms with E-state index in [0.717, 1.165) is 0 Å². The van der Waals surface area contributed by atoms with E-state index >= 15 is 0 Å². The molecule has 0 saturated heterocycles. The minimum absolute atomic E-state index is 1.20. The summed E-state index contributed by atoms with van der Waals surface area (Å²) in [6.07, 6.45) is 6.50. The molecule has 0 aliphatic heterocycles. The van der Waals surface area contributed by atoms with Gasteiger partial charge in [0.25, 0.3) is 0 Å². The first kappa shape index (κ1) is 19.2. The summed E-state index contributed by atoms with van der Waals surface area (Å²) in [4.78, 5) is 0. The summed E-state index contributed by atoms with van der Waals surface area (Å²) < 4.78 is 1.30. The van der Waals surface area contributed by atoms with E-state index in [1.54, 1.807) is 0 Å². The van der Waals surface area contributed by atoms with Gasteiger partial charge in [-0.15, -0.1) is 0 Å². The van der Waals surface area contributed by atoms with Gasteiger partial charge in [0.1, 0.15) is 0 Å². The fraction of sp³-hybridized carbons (Fsp3) is 0.280. The van der Waals surface area contributed by atoms with Crippen LogP contribution in [-0.4, -0.2) is 0 Å². The Morgan fingerprint density at radius 1 is 0.692 bits per heavy atom.